The van der Waals surface area contributed by atoms with Crippen molar-refractivity contribution >= 4 is 29.5 Å². The van der Waals surface area contributed by atoms with Crippen LogP contribution in [0.15, 0.2) is 133 Å². The Hall–Kier alpha value is -5.87. The molecule has 2 saturated heterocycles. The van der Waals surface area contributed by atoms with Gasteiger partial charge in [-0.15, -0.1) is 0 Å². The van der Waals surface area contributed by atoms with Crippen LogP contribution < -0.4 is 0 Å². The molecule has 2 amide bonds. The van der Waals surface area contributed by atoms with Crippen LogP contribution in [0.2, 0.25) is 0 Å². The Bertz CT molecular complexity index is 2140. The smallest absolute Gasteiger partial charge is 0.416 e. The molecule has 4 aromatic rings. The van der Waals surface area contributed by atoms with Gasteiger partial charge in [-0.25, -0.2) is 9.69 Å². The minimum atomic E-state index is -1.66. The molecule has 4 aromatic carbocycles. The Kier molecular flexibility index (Phi) is 18.0. The van der Waals surface area contributed by atoms with Gasteiger partial charge < -0.3 is 38.3 Å². The van der Waals surface area contributed by atoms with Gasteiger partial charge >= 0.3 is 12.1 Å². The van der Waals surface area contributed by atoms with Crippen molar-refractivity contribution in [2.75, 3.05) is 26.9 Å². The topological polar surface area (TPSA) is 173 Å². The van der Waals surface area contributed by atoms with Gasteiger partial charge in [0.2, 0.25) is 5.91 Å². The summed E-state index contributed by atoms with van der Waals surface area (Å²) in [6.07, 6.45) is -4.07. The fraction of sp³-hybridized carbons (Fsp3) is 0.380. The highest BCUT2D eigenvalue weighted by atomic mass is 16.7. The number of esters is 1. The zero-order valence-electron chi connectivity index (χ0n) is 36.0. The number of methoxy groups -OCH3 is 1. The number of hydrogen-bond donors (Lipinski definition) is 1. The van der Waals surface area contributed by atoms with Crippen molar-refractivity contribution in [1.29, 1.82) is 0 Å². The van der Waals surface area contributed by atoms with Gasteiger partial charge in [-0.05, 0) is 53.7 Å². The molecule has 0 bridgehead atoms. The van der Waals surface area contributed by atoms with Crippen molar-refractivity contribution in [1.82, 2.24) is 4.90 Å². The van der Waals surface area contributed by atoms with Crippen LogP contribution in [0.3, 0.4) is 0 Å². The van der Waals surface area contributed by atoms with E-state index < -0.39 is 78.3 Å². The second kappa shape index (κ2) is 24.3. The van der Waals surface area contributed by atoms with Crippen LogP contribution in [-0.4, -0.2) is 109 Å². The molecule has 2 fully saturated rings. The largest absolute Gasteiger partial charge is 0.453 e. The molecule has 0 spiro atoms. The first-order valence-corrected chi connectivity index (χ1v) is 21.4. The number of ketones is 2. The maximum absolute atomic E-state index is 14.4. The van der Waals surface area contributed by atoms with Crippen molar-refractivity contribution in [3.63, 3.8) is 0 Å². The second-order valence-corrected chi connectivity index (χ2v) is 15.6. The number of hydrogen-bond acceptors (Lipinski definition) is 13. The standard InChI is InChI=1S/C50H55NO13/c1-34(53)63-44(41(29-36-18-9-4-10-19-36)48(56)51-39(33-62-50(51)57)28-35-16-7-3-8-17-35)42(55)26-25-40(54)24-15-27-59-47-46(61-32-38-22-13-6-14-23-38)45(43(30-52)64-49(47)58-2)60-31-37-20-11-5-12-21-37/h3-14,16-23,25-26,39,41,43-47,49,52H,15,24,27-33H2,1-2H3/t39-,41+,43+,44-,45+,46-,47-,49-/m0/s1. The number of nitrogens with zero attached hydrogens (tertiary/aromatic N) is 1. The van der Waals surface area contributed by atoms with Gasteiger partial charge in [0.05, 0.1) is 31.8 Å². The first-order chi connectivity index (χ1) is 31.1. The fourth-order valence-electron chi connectivity index (χ4n) is 7.79. The van der Waals surface area contributed by atoms with Crippen LogP contribution in [0.1, 0.15) is 42.0 Å². The van der Waals surface area contributed by atoms with Crippen LogP contribution >= 0.6 is 0 Å². The van der Waals surface area contributed by atoms with Crippen molar-refractivity contribution in [2.45, 2.75) is 88.7 Å². The summed E-state index contributed by atoms with van der Waals surface area (Å²) < 4.78 is 41.8. The lowest BCUT2D eigenvalue weighted by Gasteiger charge is -2.45. The Morgan fingerprint density at radius 3 is 1.88 bits per heavy atom. The first kappa shape index (κ1) is 47.6. The molecule has 2 heterocycles. The molecule has 2 aliphatic heterocycles. The minimum absolute atomic E-state index is 0.0386. The van der Waals surface area contributed by atoms with Gasteiger partial charge in [0.25, 0.3) is 0 Å². The Labute approximate surface area is 373 Å². The van der Waals surface area contributed by atoms with E-state index in [0.29, 0.717) is 12.0 Å². The van der Waals surface area contributed by atoms with Crippen molar-refractivity contribution < 1.29 is 62.2 Å². The van der Waals surface area contributed by atoms with E-state index in [1.165, 1.54) is 7.11 Å². The Morgan fingerprint density at radius 2 is 1.31 bits per heavy atom. The predicted octanol–water partition coefficient (Wildman–Crippen LogP) is 5.76. The van der Waals surface area contributed by atoms with E-state index in [1.807, 2.05) is 91.0 Å². The Balaban J connectivity index is 1.13. The molecular formula is C50H55NO13. The molecule has 0 saturated carbocycles. The summed E-state index contributed by atoms with van der Waals surface area (Å²) in [5.74, 6) is -4.13. The predicted molar refractivity (Wildman–Crippen MR) is 232 cm³/mol. The van der Waals surface area contributed by atoms with E-state index in [9.17, 15) is 29.1 Å². The van der Waals surface area contributed by atoms with Gasteiger partial charge in [-0.1, -0.05) is 121 Å². The van der Waals surface area contributed by atoms with Crippen LogP contribution in [0.5, 0.6) is 0 Å². The summed E-state index contributed by atoms with van der Waals surface area (Å²) in [7, 11) is 1.46. The molecule has 64 heavy (non-hydrogen) atoms. The number of carbonyl (C=O) groups is 5. The number of carbonyl (C=O) groups excluding carboxylic acids is 5. The van der Waals surface area contributed by atoms with E-state index in [1.54, 1.807) is 30.3 Å². The molecular weight excluding hydrogens is 823 g/mol. The average Bonchev–Trinajstić information content (AvgIpc) is 3.68. The summed E-state index contributed by atoms with van der Waals surface area (Å²) in [6.45, 7) is 1.20. The number of ether oxygens (including phenoxy) is 7. The summed E-state index contributed by atoms with van der Waals surface area (Å²) in [5, 5.41) is 10.4. The van der Waals surface area contributed by atoms with Gasteiger partial charge in [0, 0.05) is 27.1 Å². The normalized spacial score (nSPS) is 21.9. The monoisotopic (exact) mass is 877 g/mol. The van der Waals surface area contributed by atoms with Gasteiger partial charge in [0.15, 0.2) is 24.0 Å². The molecule has 8 atom stereocenters. The number of aliphatic hydroxyl groups is 1. The van der Waals surface area contributed by atoms with Gasteiger partial charge in [0.1, 0.15) is 31.0 Å². The molecule has 0 aromatic heterocycles. The van der Waals surface area contributed by atoms with Crippen LogP contribution in [0.4, 0.5) is 4.79 Å². The molecule has 14 heteroatoms. The van der Waals surface area contributed by atoms with Gasteiger partial charge in [-0.2, -0.15) is 0 Å². The third-order valence-corrected chi connectivity index (χ3v) is 11.0. The van der Waals surface area contributed by atoms with Crippen molar-refractivity contribution in [2.24, 2.45) is 5.92 Å². The number of imide groups is 1. The highest BCUT2D eigenvalue weighted by Gasteiger charge is 2.49. The minimum Gasteiger partial charge on any atom is -0.453 e. The number of benzene rings is 4. The molecule has 0 radical (unpaired) electrons. The SMILES string of the molecule is CO[C@H]1O[C@H](CO)[C@@H](OCc2ccccc2)[C@H](OCc2ccccc2)[C@@H]1OCCCC(=O)C=CC(=O)[C@@H](OC(C)=O)[C@@H](Cc1ccccc1)C(=O)N1C(=O)OC[C@@H]1Cc1ccccc1. The first-order valence-electron chi connectivity index (χ1n) is 21.4. The second-order valence-electron chi connectivity index (χ2n) is 15.6. The molecule has 14 nitrogen and oxygen atoms in total. The zero-order chi connectivity index (χ0) is 45.3. The van der Waals surface area contributed by atoms with Gasteiger partial charge in [-0.3, -0.25) is 19.2 Å². The average molecular weight is 878 g/mol. The summed E-state index contributed by atoms with van der Waals surface area (Å²) in [6, 6.07) is 36.6. The molecule has 6 rings (SSSR count). The molecule has 1 N–H and O–H groups in total. The number of aliphatic hydroxyl groups excluding tert-OH is 1. The molecule has 338 valence electrons. The van der Waals surface area contributed by atoms with Crippen LogP contribution in [-0.2, 0) is 78.4 Å². The van der Waals surface area contributed by atoms with Crippen LogP contribution in [0, 0.1) is 5.92 Å². The van der Waals surface area contributed by atoms with E-state index >= 15 is 0 Å². The molecule has 0 unspecified atom stereocenters. The lowest BCUT2D eigenvalue weighted by Crippen LogP contribution is -2.61. The lowest BCUT2D eigenvalue weighted by atomic mass is 9.89. The number of allylic oxidation sites excluding steroid dienone is 1. The van der Waals surface area contributed by atoms with E-state index in [-0.39, 0.29) is 52.3 Å². The fourth-order valence-corrected chi connectivity index (χ4v) is 7.79. The maximum atomic E-state index is 14.4. The number of amides is 2. The van der Waals surface area contributed by atoms with Crippen molar-refractivity contribution in [3.05, 3.63) is 156 Å². The summed E-state index contributed by atoms with van der Waals surface area (Å²) >= 11 is 0. The van der Waals surface area contributed by atoms with E-state index in [4.69, 9.17) is 33.2 Å². The highest BCUT2D eigenvalue weighted by molar-refractivity contribution is 6.04. The number of cyclic esters (lactones) is 1. The molecule has 0 aliphatic carbocycles. The summed E-state index contributed by atoms with van der Waals surface area (Å²) in [4.78, 5) is 68.1. The number of rotatable bonds is 23. The zero-order valence-corrected chi connectivity index (χ0v) is 36.0. The van der Waals surface area contributed by atoms with Crippen LogP contribution in [0.25, 0.3) is 0 Å². The Morgan fingerprint density at radius 1 is 0.750 bits per heavy atom. The van der Waals surface area contributed by atoms with E-state index in [0.717, 1.165) is 40.7 Å². The summed E-state index contributed by atoms with van der Waals surface area (Å²) in [5.41, 5.74) is 3.36. The quantitative estimate of drug-likeness (QED) is 0.0542. The third kappa shape index (κ3) is 13.3. The van der Waals surface area contributed by atoms with Crippen molar-refractivity contribution in [3.8, 4) is 0 Å². The van der Waals surface area contributed by atoms with E-state index in [2.05, 4.69) is 0 Å². The highest BCUT2D eigenvalue weighted by Crippen LogP contribution is 2.31. The third-order valence-electron chi connectivity index (χ3n) is 11.0. The molecule has 2 aliphatic rings. The maximum Gasteiger partial charge on any atom is 0.416 e. The lowest BCUT2D eigenvalue weighted by molar-refractivity contribution is -0.319.